The third kappa shape index (κ3) is 4.72. The van der Waals surface area contributed by atoms with Crippen LogP contribution >= 0.6 is 0 Å². The molecule has 1 aliphatic rings. The summed E-state index contributed by atoms with van der Waals surface area (Å²) in [7, 11) is 0. The number of carbonyl (C=O) groups excluding carboxylic acids is 1. The molecule has 0 unspecified atom stereocenters. The van der Waals surface area contributed by atoms with Gasteiger partial charge < -0.3 is 4.74 Å². The summed E-state index contributed by atoms with van der Waals surface area (Å²) in [5.74, 6) is 5.86. The lowest BCUT2D eigenvalue weighted by Gasteiger charge is -2.27. The van der Waals surface area contributed by atoms with Gasteiger partial charge in [0.15, 0.2) is 0 Å². The third-order valence-electron chi connectivity index (χ3n) is 4.44. The van der Waals surface area contributed by atoms with Gasteiger partial charge in [-0.3, -0.25) is 14.6 Å². The minimum absolute atomic E-state index is 0.0331. The number of anilines is 1. The first-order valence-electron chi connectivity index (χ1n) is 8.93. The molecular formula is C22H24N2O2. The Bertz CT molecular complexity index is 769. The summed E-state index contributed by atoms with van der Waals surface area (Å²) in [5.41, 5.74) is 2.78. The lowest BCUT2D eigenvalue weighted by molar-refractivity contribution is 0.0342. The van der Waals surface area contributed by atoms with Crippen molar-refractivity contribution in [1.82, 2.24) is 4.90 Å². The second-order valence-electron chi connectivity index (χ2n) is 6.24. The van der Waals surface area contributed by atoms with Crippen LogP contribution in [0.1, 0.15) is 22.8 Å². The average molecular weight is 348 g/mol. The van der Waals surface area contributed by atoms with Gasteiger partial charge in [-0.1, -0.05) is 36.3 Å². The number of amides is 1. The summed E-state index contributed by atoms with van der Waals surface area (Å²) in [6.45, 7) is 6.61. The highest BCUT2D eigenvalue weighted by Crippen LogP contribution is 2.19. The van der Waals surface area contributed by atoms with Crippen molar-refractivity contribution in [3.05, 3.63) is 65.7 Å². The number of hydrogen-bond acceptors (Lipinski definition) is 3. The maximum atomic E-state index is 12.9. The molecule has 134 valence electrons. The molecule has 1 amide bonds. The minimum atomic E-state index is -0.0331. The zero-order chi connectivity index (χ0) is 18.2. The van der Waals surface area contributed by atoms with Crippen LogP contribution < -0.4 is 4.90 Å². The van der Waals surface area contributed by atoms with Gasteiger partial charge >= 0.3 is 0 Å². The molecule has 1 heterocycles. The van der Waals surface area contributed by atoms with Crippen molar-refractivity contribution in [1.29, 1.82) is 0 Å². The summed E-state index contributed by atoms with van der Waals surface area (Å²) in [4.78, 5) is 17.0. The Labute approximate surface area is 155 Å². The van der Waals surface area contributed by atoms with Crippen molar-refractivity contribution in [2.45, 2.75) is 13.5 Å². The van der Waals surface area contributed by atoms with Gasteiger partial charge in [0.25, 0.3) is 5.91 Å². The van der Waals surface area contributed by atoms with E-state index in [0.717, 1.165) is 38.5 Å². The number of hydrogen-bond donors (Lipinski definition) is 0. The largest absolute Gasteiger partial charge is 0.379 e. The van der Waals surface area contributed by atoms with Crippen LogP contribution in [-0.2, 0) is 11.3 Å². The van der Waals surface area contributed by atoms with E-state index in [1.807, 2.05) is 42.5 Å². The van der Waals surface area contributed by atoms with E-state index in [0.29, 0.717) is 12.1 Å². The molecule has 4 heteroatoms. The van der Waals surface area contributed by atoms with E-state index in [1.165, 1.54) is 5.56 Å². The summed E-state index contributed by atoms with van der Waals surface area (Å²) in [6.07, 6.45) is 0. The normalized spacial score (nSPS) is 14.3. The average Bonchev–Trinajstić information content (AvgIpc) is 2.71. The third-order valence-corrected chi connectivity index (χ3v) is 4.44. The van der Waals surface area contributed by atoms with Crippen molar-refractivity contribution in [3.63, 3.8) is 0 Å². The number of ether oxygens (including phenoxy) is 1. The Morgan fingerprint density at radius 3 is 2.42 bits per heavy atom. The van der Waals surface area contributed by atoms with E-state index in [9.17, 15) is 4.79 Å². The molecule has 0 N–H and O–H groups in total. The van der Waals surface area contributed by atoms with Crippen molar-refractivity contribution in [3.8, 4) is 11.8 Å². The summed E-state index contributed by atoms with van der Waals surface area (Å²) in [5, 5.41) is 0. The second kappa shape index (κ2) is 9.19. The molecule has 0 bridgehead atoms. The summed E-state index contributed by atoms with van der Waals surface area (Å²) >= 11 is 0. The van der Waals surface area contributed by atoms with E-state index in [4.69, 9.17) is 4.74 Å². The Kier molecular flexibility index (Phi) is 6.43. The van der Waals surface area contributed by atoms with Crippen molar-refractivity contribution in [2.24, 2.45) is 0 Å². The van der Waals surface area contributed by atoms with E-state index < -0.39 is 0 Å². The molecule has 0 radical (unpaired) electrons. The zero-order valence-corrected chi connectivity index (χ0v) is 15.1. The first kappa shape index (κ1) is 18.2. The number of morpholine rings is 1. The monoisotopic (exact) mass is 348 g/mol. The fourth-order valence-electron chi connectivity index (χ4n) is 2.97. The van der Waals surface area contributed by atoms with E-state index >= 15 is 0 Å². The molecule has 2 aromatic rings. The highest BCUT2D eigenvalue weighted by molar-refractivity contribution is 6.06. The first-order valence-corrected chi connectivity index (χ1v) is 8.93. The Morgan fingerprint density at radius 1 is 1.08 bits per heavy atom. The Morgan fingerprint density at radius 2 is 1.77 bits per heavy atom. The van der Waals surface area contributed by atoms with Crippen LogP contribution in [0.2, 0.25) is 0 Å². The summed E-state index contributed by atoms with van der Waals surface area (Å²) in [6, 6.07) is 17.5. The van der Waals surface area contributed by atoms with Crippen LogP contribution in [0.3, 0.4) is 0 Å². The van der Waals surface area contributed by atoms with E-state index in [-0.39, 0.29) is 5.91 Å². The predicted octanol–water partition coefficient (Wildman–Crippen LogP) is 3.19. The summed E-state index contributed by atoms with van der Waals surface area (Å²) < 4.78 is 5.40. The van der Waals surface area contributed by atoms with Crippen molar-refractivity contribution >= 4 is 11.6 Å². The molecule has 0 saturated carbocycles. The second-order valence-corrected chi connectivity index (χ2v) is 6.24. The molecule has 1 aliphatic heterocycles. The van der Waals surface area contributed by atoms with Crippen molar-refractivity contribution < 1.29 is 9.53 Å². The van der Waals surface area contributed by atoms with Crippen LogP contribution in [0.5, 0.6) is 0 Å². The highest BCUT2D eigenvalue weighted by atomic mass is 16.5. The van der Waals surface area contributed by atoms with Gasteiger partial charge in [-0.2, -0.15) is 0 Å². The van der Waals surface area contributed by atoms with Crippen LogP contribution in [0.4, 0.5) is 5.69 Å². The smallest absolute Gasteiger partial charge is 0.259 e. The zero-order valence-electron chi connectivity index (χ0n) is 15.1. The lowest BCUT2D eigenvalue weighted by Crippen LogP contribution is -2.35. The van der Waals surface area contributed by atoms with Crippen molar-refractivity contribution in [2.75, 3.05) is 37.7 Å². The molecule has 2 aromatic carbocycles. The molecule has 0 aliphatic carbocycles. The van der Waals surface area contributed by atoms with Gasteiger partial charge in [0, 0.05) is 30.9 Å². The predicted molar refractivity (Wildman–Crippen MR) is 104 cm³/mol. The van der Waals surface area contributed by atoms with Gasteiger partial charge in [0.1, 0.15) is 0 Å². The van der Waals surface area contributed by atoms with Crippen LogP contribution in [0.25, 0.3) is 0 Å². The van der Waals surface area contributed by atoms with Gasteiger partial charge in [0.2, 0.25) is 0 Å². The number of benzene rings is 2. The Balaban J connectivity index is 1.75. The fourth-order valence-corrected chi connectivity index (χ4v) is 2.97. The molecule has 1 fully saturated rings. The fraction of sp³-hybridized carbons (Fsp3) is 0.318. The minimum Gasteiger partial charge on any atom is -0.379 e. The molecule has 0 aromatic heterocycles. The molecule has 0 atom stereocenters. The highest BCUT2D eigenvalue weighted by Gasteiger charge is 2.17. The molecule has 0 spiro atoms. The number of carbonyl (C=O) groups is 1. The SMILES string of the molecule is CC#CCN(C(=O)c1ccccc1)c1ccc(CN2CCOCC2)cc1. The van der Waals surface area contributed by atoms with Crippen LogP contribution in [-0.4, -0.2) is 43.7 Å². The lowest BCUT2D eigenvalue weighted by atomic mass is 10.1. The number of nitrogens with zero attached hydrogens (tertiary/aromatic N) is 2. The Hall–Kier alpha value is -2.61. The molecule has 4 nitrogen and oxygen atoms in total. The quantitative estimate of drug-likeness (QED) is 0.778. The first-order chi connectivity index (χ1) is 12.8. The molecule has 26 heavy (non-hydrogen) atoms. The topological polar surface area (TPSA) is 32.8 Å². The van der Waals surface area contributed by atoms with Gasteiger partial charge in [0.05, 0.1) is 19.8 Å². The maximum Gasteiger partial charge on any atom is 0.259 e. The molecule has 3 rings (SSSR count). The van der Waals surface area contributed by atoms with E-state index in [1.54, 1.807) is 11.8 Å². The standard InChI is InChI=1S/C22H24N2O2/c1-2-3-13-24(22(25)20-7-5-4-6-8-20)21-11-9-19(10-12-21)18-23-14-16-26-17-15-23/h4-12H,13-18H2,1H3. The van der Waals surface area contributed by atoms with Gasteiger partial charge in [-0.05, 0) is 36.8 Å². The van der Waals surface area contributed by atoms with Gasteiger partial charge in [-0.15, -0.1) is 5.92 Å². The van der Waals surface area contributed by atoms with Crippen LogP contribution in [0, 0.1) is 11.8 Å². The molecule has 1 saturated heterocycles. The van der Waals surface area contributed by atoms with Crippen LogP contribution in [0.15, 0.2) is 54.6 Å². The van der Waals surface area contributed by atoms with Gasteiger partial charge in [-0.25, -0.2) is 0 Å². The van der Waals surface area contributed by atoms with E-state index in [2.05, 4.69) is 28.9 Å². The molecular weight excluding hydrogens is 324 g/mol. The number of rotatable bonds is 5. The maximum absolute atomic E-state index is 12.9.